The molecular formula is C26H26N4O5. The predicted octanol–water partition coefficient (Wildman–Crippen LogP) is 2.38. The highest BCUT2D eigenvalue weighted by atomic mass is 16.5. The van der Waals surface area contributed by atoms with E-state index >= 15 is 0 Å². The lowest BCUT2D eigenvalue weighted by molar-refractivity contribution is 0.0522. The number of benzene rings is 2. The van der Waals surface area contributed by atoms with E-state index in [2.05, 4.69) is 0 Å². The Labute approximate surface area is 200 Å². The van der Waals surface area contributed by atoms with Crippen molar-refractivity contribution in [3.05, 3.63) is 96.7 Å². The van der Waals surface area contributed by atoms with E-state index in [1.807, 2.05) is 31.2 Å². The van der Waals surface area contributed by atoms with Gasteiger partial charge in [-0.3, -0.25) is 23.1 Å². The maximum absolute atomic E-state index is 13.8. The molecule has 35 heavy (non-hydrogen) atoms. The van der Waals surface area contributed by atoms with Gasteiger partial charge in [-0.2, -0.15) is 0 Å². The molecule has 1 aliphatic carbocycles. The monoisotopic (exact) mass is 474 g/mol. The molecule has 1 atom stereocenters. The zero-order chi connectivity index (χ0) is 24.9. The second-order valence-electron chi connectivity index (χ2n) is 8.60. The van der Waals surface area contributed by atoms with E-state index < -0.39 is 23.3 Å². The number of carbonyl (C=O) groups excluding carboxylic acids is 1. The van der Waals surface area contributed by atoms with Crippen LogP contribution in [0.1, 0.15) is 47.8 Å². The molecule has 4 aromatic rings. The van der Waals surface area contributed by atoms with Crippen LogP contribution >= 0.6 is 0 Å². The van der Waals surface area contributed by atoms with E-state index in [0.29, 0.717) is 24.2 Å². The van der Waals surface area contributed by atoms with E-state index in [4.69, 9.17) is 4.74 Å². The zero-order valence-electron chi connectivity index (χ0n) is 19.9. The minimum atomic E-state index is -0.780. The van der Waals surface area contributed by atoms with Gasteiger partial charge in [0.2, 0.25) is 0 Å². The Kier molecular flexibility index (Phi) is 5.55. The standard InChI is InChI=1S/C26H26N4O5/c1-4-28-22-14-17(11-13-21(22)27(3)25(28)33)29-15-19(24(32)35-5-2)23(31)30(26(29)34)20-12-10-16-8-6-7-9-18(16)20/h6-9,11,13-15,20H,4-5,10,12H2,1-3H3. The summed E-state index contributed by atoms with van der Waals surface area (Å²) in [6.07, 6.45) is 2.56. The van der Waals surface area contributed by atoms with Crippen LogP contribution < -0.4 is 16.9 Å². The first-order chi connectivity index (χ1) is 16.9. The molecule has 2 aromatic carbocycles. The van der Waals surface area contributed by atoms with Crippen molar-refractivity contribution in [2.24, 2.45) is 7.05 Å². The highest BCUT2D eigenvalue weighted by Crippen LogP contribution is 2.32. The molecule has 180 valence electrons. The fourth-order valence-corrected chi connectivity index (χ4v) is 5.04. The van der Waals surface area contributed by atoms with Gasteiger partial charge >= 0.3 is 17.3 Å². The molecule has 0 amide bonds. The largest absolute Gasteiger partial charge is 0.462 e. The summed E-state index contributed by atoms with van der Waals surface area (Å²) in [6.45, 7) is 4.09. The Morgan fingerprint density at radius 2 is 1.80 bits per heavy atom. The molecule has 0 spiro atoms. The first-order valence-electron chi connectivity index (χ1n) is 11.7. The second-order valence-corrected chi connectivity index (χ2v) is 8.60. The summed E-state index contributed by atoms with van der Waals surface area (Å²) in [5, 5.41) is 0. The molecular weight excluding hydrogens is 448 g/mol. The van der Waals surface area contributed by atoms with Crippen LogP contribution in [0, 0.1) is 0 Å². The molecule has 9 nitrogen and oxygen atoms in total. The van der Waals surface area contributed by atoms with Crippen LogP contribution in [0.2, 0.25) is 0 Å². The van der Waals surface area contributed by atoms with Gasteiger partial charge < -0.3 is 4.74 Å². The lowest BCUT2D eigenvalue weighted by Crippen LogP contribution is -2.44. The average Bonchev–Trinajstić information content (AvgIpc) is 3.38. The lowest BCUT2D eigenvalue weighted by Gasteiger charge is -2.18. The highest BCUT2D eigenvalue weighted by molar-refractivity contribution is 5.88. The molecule has 2 aromatic heterocycles. The summed E-state index contributed by atoms with van der Waals surface area (Å²) < 4.78 is 10.8. The number of rotatable bonds is 5. The van der Waals surface area contributed by atoms with Gasteiger partial charge in [-0.15, -0.1) is 0 Å². The molecule has 0 N–H and O–H groups in total. The smallest absolute Gasteiger partial charge is 0.345 e. The number of hydrogen-bond donors (Lipinski definition) is 0. The quantitative estimate of drug-likeness (QED) is 0.414. The number of aromatic nitrogens is 4. The van der Waals surface area contributed by atoms with Crippen molar-refractivity contribution in [2.45, 2.75) is 39.3 Å². The maximum Gasteiger partial charge on any atom is 0.345 e. The number of esters is 1. The van der Waals surface area contributed by atoms with E-state index in [-0.39, 0.29) is 17.9 Å². The van der Waals surface area contributed by atoms with Crippen molar-refractivity contribution in [3.63, 3.8) is 0 Å². The van der Waals surface area contributed by atoms with E-state index in [0.717, 1.165) is 23.1 Å². The minimum Gasteiger partial charge on any atom is -0.462 e. The third kappa shape index (κ3) is 3.46. The minimum absolute atomic E-state index is 0.0996. The summed E-state index contributed by atoms with van der Waals surface area (Å²) in [6, 6.07) is 12.4. The SMILES string of the molecule is CCOC(=O)c1cn(-c2ccc3c(c2)n(CC)c(=O)n3C)c(=O)n(C2CCc3ccccc32)c1=O. The van der Waals surface area contributed by atoms with Crippen molar-refractivity contribution in [3.8, 4) is 5.69 Å². The third-order valence-corrected chi connectivity index (χ3v) is 6.75. The molecule has 1 unspecified atom stereocenters. The van der Waals surface area contributed by atoms with Crippen LogP contribution in [0.3, 0.4) is 0 Å². The number of fused-ring (bicyclic) bond motifs is 2. The average molecular weight is 475 g/mol. The zero-order valence-corrected chi connectivity index (χ0v) is 19.9. The fraction of sp³-hybridized carbons (Fsp3) is 0.308. The Morgan fingerprint density at radius 3 is 2.54 bits per heavy atom. The van der Waals surface area contributed by atoms with Gasteiger partial charge in [0, 0.05) is 19.8 Å². The first kappa shape index (κ1) is 22.6. The Hall–Kier alpha value is -4.14. The van der Waals surface area contributed by atoms with Crippen LogP contribution in [-0.2, 0) is 24.8 Å². The van der Waals surface area contributed by atoms with Crippen molar-refractivity contribution in [1.82, 2.24) is 18.3 Å². The number of aryl methyl sites for hydroxylation is 3. The summed E-state index contributed by atoms with van der Waals surface area (Å²) in [7, 11) is 1.69. The molecule has 0 fully saturated rings. The van der Waals surface area contributed by atoms with Gasteiger partial charge in [-0.1, -0.05) is 24.3 Å². The number of nitrogens with zero attached hydrogens (tertiary/aromatic N) is 4. The normalized spacial score (nSPS) is 14.9. The van der Waals surface area contributed by atoms with E-state index in [9.17, 15) is 19.2 Å². The molecule has 2 heterocycles. The van der Waals surface area contributed by atoms with Gasteiger partial charge in [0.05, 0.1) is 29.4 Å². The van der Waals surface area contributed by atoms with Gasteiger partial charge in [-0.25, -0.2) is 14.4 Å². The lowest BCUT2D eigenvalue weighted by atomic mass is 10.1. The van der Waals surface area contributed by atoms with Gasteiger partial charge in [0.15, 0.2) is 0 Å². The Bertz CT molecular complexity index is 1650. The van der Waals surface area contributed by atoms with Crippen LogP contribution in [0.4, 0.5) is 0 Å². The predicted molar refractivity (Wildman–Crippen MR) is 132 cm³/mol. The van der Waals surface area contributed by atoms with Crippen molar-refractivity contribution in [1.29, 1.82) is 0 Å². The number of carbonyl (C=O) groups is 1. The molecule has 0 saturated carbocycles. The van der Waals surface area contributed by atoms with Crippen LogP contribution in [0.25, 0.3) is 16.7 Å². The van der Waals surface area contributed by atoms with Crippen molar-refractivity contribution >= 4 is 17.0 Å². The van der Waals surface area contributed by atoms with Crippen molar-refractivity contribution < 1.29 is 9.53 Å². The summed E-state index contributed by atoms with van der Waals surface area (Å²) in [5.74, 6) is -0.780. The van der Waals surface area contributed by atoms with Crippen LogP contribution in [0.15, 0.2) is 63.0 Å². The molecule has 0 saturated heterocycles. The maximum atomic E-state index is 13.8. The van der Waals surface area contributed by atoms with Gasteiger partial charge in [0.1, 0.15) is 5.56 Å². The topological polar surface area (TPSA) is 97.2 Å². The van der Waals surface area contributed by atoms with Crippen LogP contribution in [-0.4, -0.2) is 30.8 Å². The molecule has 5 rings (SSSR count). The van der Waals surface area contributed by atoms with Crippen LogP contribution in [0.5, 0.6) is 0 Å². The number of hydrogen-bond acceptors (Lipinski definition) is 5. The van der Waals surface area contributed by atoms with Gasteiger partial charge in [-0.05, 0) is 56.0 Å². The fourth-order valence-electron chi connectivity index (χ4n) is 5.04. The second kappa shape index (κ2) is 8.57. The number of imidazole rings is 1. The van der Waals surface area contributed by atoms with Gasteiger partial charge in [0.25, 0.3) is 5.56 Å². The molecule has 0 aliphatic heterocycles. The third-order valence-electron chi connectivity index (χ3n) is 6.75. The number of ether oxygens (including phenoxy) is 1. The van der Waals surface area contributed by atoms with E-state index in [1.165, 1.54) is 15.3 Å². The molecule has 9 heteroatoms. The molecule has 1 aliphatic rings. The molecule has 0 radical (unpaired) electrons. The van der Waals surface area contributed by atoms with Crippen molar-refractivity contribution in [2.75, 3.05) is 6.61 Å². The summed E-state index contributed by atoms with van der Waals surface area (Å²) in [4.78, 5) is 52.6. The Morgan fingerprint density at radius 1 is 1.03 bits per heavy atom. The van der Waals surface area contributed by atoms with E-state index in [1.54, 1.807) is 41.3 Å². The summed E-state index contributed by atoms with van der Waals surface area (Å²) in [5.41, 5.74) is 2.21. The summed E-state index contributed by atoms with van der Waals surface area (Å²) >= 11 is 0. The highest BCUT2D eigenvalue weighted by Gasteiger charge is 2.29. The first-order valence-corrected chi connectivity index (χ1v) is 11.7. The Balaban J connectivity index is 1.79. The molecule has 0 bridgehead atoms.